The Morgan fingerprint density at radius 3 is 2.44 bits per heavy atom. The molecule has 1 aromatic carbocycles. The summed E-state index contributed by atoms with van der Waals surface area (Å²) < 4.78 is 26.6. The van der Waals surface area contributed by atoms with Crippen LogP contribution in [0.1, 0.15) is 38.5 Å². The summed E-state index contributed by atoms with van der Waals surface area (Å²) in [4.78, 5) is 33.7. The fourth-order valence-electron chi connectivity index (χ4n) is 4.37. The molecule has 172 valence electrons. The van der Waals surface area contributed by atoms with Gasteiger partial charge in [0.2, 0.25) is 11.8 Å². The molecule has 0 unspecified atom stereocenters. The minimum Gasteiger partial charge on any atom is -0.342 e. The molecule has 6 nitrogen and oxygen atoms in total. The summed E-state index contributed by atoms with van der Waals surface area (Å²) >= 11 is 1.24. The highest BCUT2D eigenvalue weighted by Gasteiger charge is 2.29. The zero-order valence-corrected chi connectivity index (χ0v) is 18.8. The first-order chi connectivity index (χ1) is 15.5. The van der Waals surface area contributed by atoms with Crippen molar-refractivity contribution in [1.82, 2.24) is 14.8 Å². The number of piperidine rings is 1. The van der Waals surface area contributed by atoms with Gasteiger partial charge in [0.1, 0.15) is 0 Å². The smallest absolute Gasteiger partial charge is 0.240 e. The lowest BCUT2D eigenvalue weighted by molar-refractivity contribution is -0.137. The van der Waals surface area contributed by atoms with Crippen molar-refractivity contribution in [2.75, 3.05) is 38.0 Å². The molecule has 1 N–H and O–H groups in total. The van der Waals surface area contributed by atoms with Crippen LogP contribution in [0.15, 0.2) is 23.6 Å². The predicted octanol–water partition coefficient (Wildman–Crippen LogP) is 4.14. The molecular formula is C23H28F2N4O2S. The molecule has 9 heteroatoms. The van der Waals surface area contributed by atoms with E-state index in [4.69, 9.17) is 0 Å². The first-order valence-corrected chi connectivity index (χ1v) is 12.1. The monoisotopic (exact) mass is 462 g/mol. The number of nitrogens with one attached hydrogen (secondary N) is 1. The van der Waals surface area contributed by atoms with E-state index in [1.165, 1.54) is 30.2 Å². The van der Waals surface area contributed by atoms with Crippen LogP contribution in [0.4, 0.5) is 13.9 Å². The van der Waals surface area contributed by atoms with Crippen molar-refractivity contribution in [1.29, 1.82) is 0 Å². The van der Waals surface area contributed by atoms with Gasteiger partial charge in [-0.3, -0.25) is 14.5 Å². The number of nitrogens with zero attached hydrogens (tertiary/aromatic N) is 3. The van der Waals surface area contributed by atoms with Gasteiger partial charge in [-0.25, -0.2) is 13.8 Å². The highest BCUT2D eigenvalue weighted by Crippen LogP contribution is 2.26. The number of aromatic nitrogens is 1. The number of carbonyl (C=O) groups is 2. The summed E-state index contributed by atoms with van der Waals surface area (Å²) in [6.07, 6.45) is 6.16. The van der Waals surface area contributed by atoms with Crippen LogP contribution in [0.5, 0.6) is 0 Å². The number of amides is 2. The second-order valence-electron chi connectivity index (χ2n) is 8.50. The maximum absolute atomic E-state index is 13.4. The SMILES string of the molecule is O=C(CN1CCC(C(=O)N2CCCCCC2)CC1)Nc1nc(-c2ccc(F)c(F)c2)cs1. The van der Waals surface area contributed by atoms with Crippen molar-refractivity contribution in [2.45, 2.75) is 38.5 Å². The van der Waals surface area contributed by atoms with Crippen LogP contribution in [-0.2, 0) is 9.59 Å². The quantitative estimate of drug-likeness (QED) is 0.725. The molecule has 0 atom stereocenters. The molecular weight excluding hydrogens is 434 g/mol. The van der Waals surface area contributed by atoms with E-state index in [2.05, 4.69) is 15.2 Å². The van der Waals surface area contributed by atoms with E-state index < -0.39 is 11.6 Å². The fourth-order valence-corrected chi connectivity index (χ4v) is 5.10. The van der Waals surface area contributed by atoms with Crippen LogP contribution in [0.3, 0.4) is 0 Å². The fraction of sp³-hybridized carbons (Fsp3) is 0.522. The van der Waals surface area contributed by atoms with Crippen molar-refractivity contribution in [3.05, 3.63) is 35.2 Å². The van der Waals surface area contributed by atoms with Gasteiger partial charge >= 0.3 is 0 Å². The molecule has 2 amide bonds. The number of likely N-dealkylation sites (tertiary alicyclic amines) is 2. The number of anilines is 1. The Labute approximate surface area is 190 Å². The second kappa shape index (κ2) is 10.5. The molecule has 2 fully saturated rings. The molecule has 0 spiro atoms. The van der Waals surface area contributed by atoms with E-state index in [-0.39, 0.29) is 24.3 Å². The first-order valence-electron chi connectivity index (χ1n) is 11.2. The molecule has 2 saturated heterocycles. The summed E-state index contributed by atoms with van der Waals surface area (Å²) in [7, 11) is 0. The van der Waals surface area contributed by atoms with Gasteiger partial charge in [-0.05, 0) is 57.0 Å². The summed E-state index contributed by atoms with van der Waals surface area (Å²) in [5.41, 5.74) is 0.939. The molecule has 3 heterocycles. The predicted molar refractivity (Wildman–Crippen MR) is 120 cm³/mol. The Bertz CT molecular complexity index is 951. The van der Waals surface area contributed by atoms with E-state index in [1.807, 2.05) is 4.90 Å². The van der Waals surface area contributed by atoms with Crippen LogP contribution in [-0.4, -0.2) is 59.3 Å². The summed E-state index contributed by atoms with van der Waals surface area (Å²) in [6, 6.07) is 3.60. The van der Waals surface area contributed by atoms with Crippen LogP contribution in [0, 0.1) is 17.6 Å². The lowest BCUT2D eigenvalue weighted by Gasteiger charge is -2.33. The molecule has 0 radical (unpaired) electrons. The number of thiazole rings is 1. The molecule has 4 rings (SSSR count). The Balaban J connectivity index is 1.24. The molecule has 0 saturated carbocycles. The summed E-state index contributed by atoms with van der Waals surface area (Å²) in [5, 5.41) is 4.90. The largest absolute Gasteiger partial charge is 0.342 e. The number of benzene rings is 1. The first kappa shape index (κ1) is 22.8. The minimum absolute atomic E-state index is 0.0602. The summed E-state index contributed by atoms with van der Waals surface area (Å²) in [5.74, 6) is -1.67. The van der Waals surface area contributed by atoms with Crippen LogP contribution >= 0.6 is 11.3 Å². The zero-order chi connectivity index (χ0) is 22.5. The van der Waals surface area contributed by atoms with E-state index in [1.54, 1.807) is 5.38 Å². The van der Waals surface area contributed by atoms with Crippen LogP contribution < -0.4 is 5.32 Å². The number of halogens is 2. The normalized spacial score (nSPS) is 18.4. The van der Waals surface area contributed by atoms with Gasteiger partial charge in [0.05, 0.1) is 12.2 Å². The Morgan fingerprint density at radius 1 is 1.03 bits per heavy atom. The van der Waals surface area contributed by atoms with Crippen molar-refractivity contribution in [2.24, 2.45) is 5.92 Å². The molecule has 32 heavy (non-hydrogen) atoms. The van der Waals surface area contributed by atoms with Crippen LogP contribution in [0.2, 0.25) is 0 Å². The summed E-state index contributed by atoms with van der Waals surface area (Å²) in [6.45, 7) is 3.43. The van der Waals surface area contributed by atoms with Gasteiger partial charge in [-0.2, -0.15) is 0 Å². The number of hydrogen-bond donors (Lipinski definition) is 1. The average molecular weight is 463 g/mol. The van der Waals surface area contributed by atoms with Crippen molar-refractivity contribution < 1.29 is 18.4 Å². The zero-order valence-electron chi connectivity index (χ0n) is 18.0. The van der Waals surface area contributed by atoms with Gasteiger partial charge in [0.15, 0.2) is 16.8 Å². The average Bonchev–Trinajstić information content (AvgIpc) is 3.07. The van der Waals surface area contributed by atoms with E-state index in [0.29, 0.717) is 16.4 Å². The standard InChI is InChI=1S/C23H28F2N4O2S/c24-18-6-5-17(13-19(18)25)20-15-32-23(26-20)27-21(30)14-28-11-7-16(8-12-28)22(31)29-9-3-1-2-4-10-29/h5-6,13,15-16H,1-4,7-12,14H2,(H,26,27,30). The Morgan fingerprint density at radius 2 is 1.75 bits per heavy atom. The molecule has 1 aromatic heterocycles. The molecule has 2 aromatic rings. The lowest BCUT2D eigenvalue weighted by Crippen LogP contribution is -2.44. The van der Waals surface area contributed by atoms with E-state index >= 15 is 0 Å². The van der Waals surface area contributed by atoms with Crippen molar-refractivity contribution >= 4 is 28.3 Å². The van der Waals surface area contributed by atoms with Crippen LogP contribution in [0.25, 0.3) is 11.3 Å². The minimum atomic E-state index is -0.932. The van der Waals surface area contributed by atoms with Crippen molar-refractivity contribution in [3.63, 3.8) is 0 Å². The van der Waals surface area contributed by atoms with E-state index in [0.717, 1.165) is 64.0 Å². The van der Waals surface area contributed by atoms with Gasteiger partial charge in [0, 0.05) is 30.0 Å². The molecule has 0 aliphatic carbocycles. The molecule has 2 aliphatic heterocycles. The maximum atomic E-state index is 13.4. The number of rotatable bonds is 5. The third kappa shape index (κ3) is 5.69. The topological polar surface area (TPSA) is 65.5 Å². The Hall–Kier alpha value is -2.39. The number of hydrogen-bond acceptors (Lipinski definition) is 5. The Kier molecular flexibility index (Phi) is 7.47. The van der Waals surface area contributed by atoms with Crippen molar-refractivity contribution in [3.8, 4) is 11.3 Å². The third-order valence-corrected chi connectivity index (χ3v) is 6.95. The number of carbonyl (C=O) groups excluding carboxylic acids is 2. The maximum Gasteiger partial charge on any atom is 0.240 e. The highest BCUT2D eigenvalue weighted by molar-refractivity contribution is 7.14. The van der Waals surface area contributed by atoms with Gasteiger partial charge in [-0.1, -0.05) is 12.8 Å². The highest BCUT2D eigenvalue weighted by atomic mass is 32.1. The second-order valence-corrected chi connectivity index (χ2v) is 9.36. The van der Waals surface area contributed by atoms with Gasteiger partial charge in [-0.15, -0.1) is 11.3 Å². The third-order valence-electron chi connectivity index (χ3n) is 6.19. The molecule has 2 aliphatic rings. The molecule has 0 bridgehead atoms. The van der Waals surface area contributed by atoms with Gasteiger partial charge < -0.3 is 10.2 Å². The van der Waals surface area contributed by atoms with E-state index in [9.17, 15) is 18.4 Å². The lowest BCUT2D eigenvalue weighted by atomic mass is 9.95. The van der Waals surface area contributed by atoms with Gasteiger partial charge in [0.25, 0.3) is 0 Å².